The zero-order valence-corrected chi connectivity index (χ0v) is 15.5. The third kappa shape index (κ3) is 3.55. The quantitative estimate of drug-likeness (QED) is 0.359. The summed E-state index contributed by atoms with van der Waals surface area (Å²) < 4.78 is 1.98. The molecule has 8 heteroatoms. The van der Waals surface area contributed by atoms with Gasteiger partial charge in [0.1, 0.15) is 5.82 Å². The van der Waals surface area contributed by atoms with Crippen molar-refractivity contribution in [3.05, 3.63) is 78.8 Å². The number of aryl methyl sites for hydroxylation is 1. The molecule has 7 nitrogen and oxygen atoms in total. The largest absolute Gasteiger partial charge is 0.282 e. The van der Waals surface area contributed by atoms with Gasteiger partial charge in [-0.15, -0.1) is 0 Å². The van der Waals surface area contributed by atoms with Gasteiger partial charge in [-0.1, -0.05) is 35.0 Å². The van der Waals surface area contributed by atoms with Crippen molar-refractivity contribution < 1.29 is 4.92 Å². The lowest BCUT2D eigenvalue weighted by Gasteiger charge is -2.08. The van der Waals surface area contributed by atoms with E-state index in [-0.39, 0.29) is 11.2 Å². The second kappa shape index (κ2) is 7.57. The van der Waals surface area contributed by atoms with Crippen LogP contribution in [0.25, 0.3) is 10.9 Å². The molecule has 0 unspecified atom stereocenters. The number of nitro groups is 1. The number of aromatic nitrogens is 2. The van der Waals surface area contributed by atoms with Crippen LogP contribution >= 0.6 is 15.9 Å². The van der Waals surface area contributed by atoms with Crippen molar-refractivity contribution in [2.45, 2.75) is 19.8 Å². The van der Waals surface area contributed by atoms with Crippen LogP contribution in [0.15, 0.2) is 56.8 Å². The van der Waals surface area contributed by atoms with Crippen LogP contribution in [0.4, 0.5) is 5.69 Å². The Morgan fingerprint density at radius 1 is 1.31 bits per heavy atom. The molecule has 0 spiro atoms. The molecule has 0 saturated heterocycles. The summed E-state index contributed by atoms with van der Waals surface area (Å²) in [7, 11) is 0. The van der Waals surface area contributed by atoms with E-state index in [0.29, 0.717) is 28.7 Å². The summed E-state index contributed by atoms with van der Waals surface area (Å²) in [4.78, 5) is 28.1. The molecular weight excluding hydrogens is 400 g/mol. The minimum Gasteiger partial charge on any atom is -0.267 e. The molecule has 0 bridgehead atoms. The summed E-state index contributed by atoms with van der Waals surface area (Å²) in [6.07, 6.45) is 2.68. The average Bonchev–Trinajstić information content (AvgIpc) is 2.62. The van der Waals surface area contributed by atoms with Crippen molar-refractivity contribution >= 4 is 38.7 Å². The molecule has 2 aromatic carbocycles. The van der Waals surface area contributed by atoms with Crippen LogP contribution in [0, 0.1) is 10.1 Å². The highest BCUT2D eigenvalue weighted by Gasteiger charge is 2.13. The van der Waals surface area contributed by atoms with Crippen molar-refractivity contribution in [3.63, 3.8) is 0 Å². The molecule has 0 fully saturated rings. The zero-order chi connectivity index (χ0) is 18.7. The Hall–Kier alpha value is -2.87. The van der Waals surface area contributed by atoms with Crippen molar-refractivity contribution in [1.29, 1.82) is 0 Å². The molecule has 0 aliphatic rings. The van der Waals surface area contributed by atoms with Gasteiger partial charge in [0.2, 0.25) is 0 Å². The van der Waals surface area contributed by atoms with Gasteiger partial charge in [0.25, 0.3) is 11.2 Å². The van der Waals surface area contributed by atoms with Crippen LogP contribution in [0.3, 0.4) is 0 Å². The molecule has 0 amide bonds. The smallest absolute Gasteiger partial charge is 0.267 e. The van der Waals surface area contributed by atoms with Crippen molar-refractivity contribution in [1.82, 2.24) is 9.66 Å². The minimum atomic E-state index is -0.479. The van der Waals surface area contributed by atoms with Gasteiger partial charge in [0.15, 0.2) is 0 Å². The highest BCUT2D eigenvalue weighted by atomic mass is 79.9. The molecule has 1 heterocycles. The lowest BCUT2D eigenvalue weighted by molar-refractivity contribution is -0.385. The van der Waals surface area contributed by atoms with E-state index in [1.807, 2.05) is 13.0 Å². The summed E-state index contributed by atoms with van der Waals surface area (Å²) in [5.74, 6) is 0.516. The molecule has 3 rings (SSSR count). The Morgan fingerprint density at radius 3 is 2.81 bits per heavy atom. The van der Waals surface area contributed by atoms with E-state index >= 15 is 0 Å². The van der Waals surface area contributed by atoms with Crippen LogP contribution in [0.5, 0.6) is 0 Å². The molecule has 1 aromatic heterocycles. The fourth-order valence-electron chi connectivity index (χ4n) is 2.58. The van der Waals surface area contributed by atoms with Gasteiger partial charge in [-0.05, 0) is 30.7 Å². The molecule has 0 saturated carbocycles. The first-order chi connectivity index (χ1) is 12.5. The number of hydrogen-bond acceptors (Lipinski definition) is 5. The highest BCUT2D eigenvalue weighted by molar-refractivity contribution is 9.10. The number of nitrogens with zero attached hydrogens (tertiary/aromatic N) is 4. The van der Waals surface area contributed by atoms with E-state index in [9.17, 15) is 14.9 Å². The number of nitro benzene ring substituents is 1. The molecule has 0 N–H and O–H groups in total. The normalized spacial score (nSPS) is 11.3. The van der Waals surface area contributed by atoms with E-state index in [2.05, 4.69) is 26.0 Å². The highest BCUT2D eigenvalue weighted by Crippen LogP contribution is 2.17. The monoisotopic (exact) mass is 414 g/mol. The molecule has 0 atom stereocenters. The Morgan fingerprint density at radius 2 is 2.08 bits per heavy atom. The van der Waals surface area contributed by atoms with Crippen molar-refractivity contribution in [2.24, 2.45) is 5.10 Å². The first-order valence-corrected chi connectivity index (χ1v) is 8.79. The molecule has 3 aromatic rings. The lowest BCUT2D eigenvalue weighted by atomic mass is 10.2. The standard InChI is InChI=1S/C18H15BrN4O3/c1-2-5-17-21-15-9-8-13(19)10-14(15)18(24)22(17)20-11-12-6-3-4-7-16(12)23(25)26/h3-4,6-11H,2,5H2,1H3. The third-order valence-corrected chi connectivity index (χ3v) is 4.29. The number of hydrogen-bond donors (Lipinski definition) is 0. The second-order valence-corrected chi connectivity index (χ2v) is 6.53. The topological polar surface area (TPSA) is 90.4 Å². The maximum absolute atomic E-state index is 12.9. The van der Waals surface area contributed by atoms with Gasteiger partial charge >= 0.3 is 0 Å². The Bertz CT molecular complexity index is 1080. The van der Waals surface area contributed by atoms with Crippen LogP contribution in [-0.2, 0) is 6.42 Å². The third-order valence-electron chi connectivity index (χ3n) is 3.79. The molecule has 0 aliphatic carbocycles. The van der Waals surface area contributed by atoms with Crippen LogP contribution in [-0.4, -0.2) is 20.8 Å². The minimum absolute atomic E-state index is 0.0715. The zero-order valence-electron chi connectivity index (χ0n) is 13.9. The van der Waals surface area contributed by atoms with E-state index in [4.69, 9.17) is 0 Å². The Labute approximate surface area is 157 Å². The molecule has 26 heavy (non-hydrogen) atoms. The van der Waals surface area contributed by atoms with Gasteiger partial charge in [-0.25, -0.2) is 4.98 Å². The summed E-state index contributed by atoms with van der Waals surface area (Å²) in [6.45, 7) is 1.98. The Kier molecular flexibility index (Phi) is 5.22. The van der Waals surface area contributed by atoms with Gasteiger partial charge in [0.05, 0.1) is 27.6 Å². The second-order valence-electron chi connectivity index (χ2n) is 5.62. The molecule has 132 valence electrons. The van der Waals surface area contributed by atoms with Crippen molar-refractivity contribution in [3.8, 4) is 0 Å². The van der Waals surface area contributed by atoms with Crippen LogP contribution in [0.2, 0.25) is 0 Å². The van der Waals surface area contributed by atoms with Gasteiger partial charge in [0, 0.05) is 17.0 Å². The number of halogens is 1. The summed E-state index contributed by atoms with van der Waals surface area (Å²) in [6, 6.07) is 11.5. The SMILES string of the molecule is CCCc1nc2ccc(Br)cc2c(=O)n1N=Cc1ccccc1[N+](=O)[O-]. The predicted octanol–water partition coefficient (Wildman–Crippen LogP) is 3.90. The predicted molar refractivity (Wildman–Crippen MR) is 104 cm³/mol. The summed E-state index contributed by atoms with van der Waals surface area (Å²) in [5.41, 5.74) is 0.535. The maximum atomic E-state index is 12.9. The number of benzene rings is 2. The molecule has 0 radical (unpaired) electrons. The first kappa shape index (κ1) is 17.9. The van der Waals surface area contributed by atoms with E-state index in [0.717, 1.165) is 10.9 Å². The van der Waals surface area contributed by atoms with Crippen LogP contribution < -0.4 is 5.56 Å². The molecular formula is C18H15BrN4O3. The lowest BCUT2D eigenvalue weighted by Crippen LogP contribution is -2.22. The van der Waals surface area contributed by atoms with Crippen LogP contribution in [0.1, 0.15) is 24.7 Å². The fourth-order valence-corrected chi connectivity index (χ4v) is 2.94. The summed E-state index contributed by atoms with van der Waals surface area (Å²) in [5, 5.41) is 15.8. The van der Waals surface area contributed by atoms with Gasteiger partial charge in [-0.2, -0.15) is 9.78 Å². The first-order valence-electron chi connectivity index (χ1n) is 8.00. The number of para-hydroxylation sites is 1. The fraction of sp³-hybridized carbons (Fsp3) is 0.167. The average molecular weight is 415 g/mol. The maximum Gasteiger partial charge on any atom is 0.282 e. The van der Waals surface area contributed by atoms with E-state index in [1.54, 1.807) is 30.3 Å². The summed E-state index contributed by atoms with van der Waals surface area (Å²) >= 11 is 3.35. The Balaban J connectivity index is 2.17. The van der Waals surface area contributed by atoms with Gasteiger partial charge < -0.3 is 0 Å². The number of rotatable bonds is 5. The van der Waals surface area contributed by atoms with Crippen molar-refractivity contribution in [2.75, 3.05) is 0 Å². The van der Waals surface area contributed by atoms with E-state index in [1.165, 1.54) is 17.0 Å². The van der Waals surface area contributed by atoms with Gasteiger partial charge in [-0.3, -0.25) is 14.9 Å². The van der Waals surface area contributed by atoms with E-state index < -0.39 is 4.92 Å². The number of fused-ring (bicyclic) bond motifs is 1. The molecule has 0 aliphatic heterocycles.